The molecule has 1 rings (SSSR count). The van der Waals surface area contributed by atoms with Crippen molar-refractivity contribution in [2.45, 2.75) is 142 Å². The lowest BCUT2D eigenvalue weighted by Crippen LogP contribution is -2.40. The summed E-state index contributed by atoms with van der Waals surface area (Å²) in [6.07, 6.45) is 24.0. The molecule has 6 heteroatoms. The average Bonchev–Trinajstić information content (AvgIpc) is 3.40. The Labute approximate surface area is 228 Å². The van der Waals surface area contributed by atoms with Gasteiger partial charge in [0.15, 0.2) is 0 Å². The fourth-order valence-electron chi connectivity index (χ4n) is 5.07. The van der Waals surface area contributed by atoms with Crippen molar-refractivity contribution in [3.05, 3.63) is 0 Å². The molecule has 6 nitrogen and oxygen atoms in total. The summed E-state index contributed by atoms with van der Waals surface area (Å²) < 4.78 is 5.41. The minimum atomic E-state index is -0.0730. The van der Waals surface area contributed by atoms with Crippen molar-refractivity contribution < 1.29 is 19.1 Å². The summed E-state index contributed by atoms with van der Waals surface area (Å²) in [4.78, 5) is 39.7. The fraction of sp³-hybridized carbons (Fsp3) is 0.903. The van der Waals surface area contributed by atoms with Crippen molar-refractivity contribution in [1.29, 1.82) is 0 Å². The van der Waals surface area contributed by atoms with Crippen LogP contribution in [-0.4, -0.2) is 67.3 Å². The summed E-state index contributed by atoms with van der Waals surface area (Å²) in [5.41, 5.74) is 0. The van der Waals surface area contributed by atoms with E-state index in [4.69, 9.17) is 4.74 Å². The molecule has 0 N–H and O–H groups in total. The second-order valence-electron chi connectivity index (χ2n) is 10.9. The lowest BCUT2D eigenvalue weighted by atomic mass is 10.1. The largest absolute Gasteiger partial charge is 0.466 e. The van der Waals surface area contributed by atoms with Crippen LogP contribution in [-0.2, 0) is 19.1 Å². The van der Waals surface area contributed by atoms with E-state index in [0.717, 1.165) is 96.7 Å². The van der Waals surface area contributed by atoms with Gasteiger partial charge in [-0.25, -0.2) is 0 Å². The Morgan fingerprint density at radius 2 is 1.27 bits per heavy atom. The van der Waals surface area contributed by atoms with Crippen LogP contribution in [0.15, 0.2) is 0 Å². The maximum Gasteiger partial charge on any atom is 0.305 e. The van der Waals surface area contributed by atoms with Gasteiger partial charge < -0.3 is 14.4 Å². The Balaban J connectivity index is 2.11. The Hall–Kier alpha value is -1.43. The molecular formula is C31H58N2O4. The van der Waals surface area contributed by atoms with Crippen LogP contribution in [0, 0.1) is 0 Å². The van der Waals surface area contributed by atoms with Crippen molar-refractivity contribution >= 4 is 18.2 Å². The van der Waals surface area contributed by atoms with Crippen LogP contribution in [0.2, 0.25) is 0 Å². The van der Waals surface area contributed by atoms with Crippen molar-refractivity contribution in [2.24, 2.45) is 0 Å². The molecule has 0 aromatic rings. The van der Waals surface area contributed by atoms with Gasteiger partial charge in [0.1, 0.15) is 6.29 Å². The lowest BCUT2D eigenvalue weighted by molar-refractivity contribution is -0.144. The topological polar surface area (TPSA) is 66.9 Å². The molecule has 0 aliphatic carbocycles. The molecule has 0 saturated carbocycles. The van der Waals surface area contributed by atoms with Gasteiger partial charge in [0.25, 0.3) is 0 Å². The predicted molar refractivity (Wildman–Crippen MR) is 153 cm³/mol. The number of rotatable bonds is 26. The quantitative estimate of drug-likeness (QED) is 0.0689. The van der Waals surface area contributed by atoms with Crippen molar-refractivity contribution in [1.82, 2.24) is 9.80 Å². The van der Waals surface area contributed by atoms with Crippen LogP contribution >= 0.6 is 0 Å². The maximum atomic E-state index is 12.9. The smallest absolute Gasteiger partial charge is 0.305 e. The number of esters is 1. The maximum absolute atomic E-state index is 12.9. The molecule has 37 heavy (non-hydrogen) atoms. The molecule has 1 aliphatic heterocycles. The fourth-order valence-corrected chi connectivity index (χ4v) is 5.07. The monoisotopic (exact) mass is 522 g/mol. The molecule has 0 aromatic heterocycles. The molecule has 0 atom stereocenters. The number of carbonyl (C=O) groups excluding carboxylic acids is 3. The molecule has 1 fully saturated rings. The molecule has 0 bridgehead atoms. The van der Waals surface area contributed by atoms with Gasteiger partial charge in [-0.2, -0.15) is 0 Å². The van der Waals surface area contributed by atoms with Gasteiger partial charge in [0.05, 0.1) is 13.2 Å². The first-order chi connectivity index (χ1) is 18.2. The van der Waals surface area contributed by atoms with Crippen molar-refractivity contribution in [3.8, 4) is 0 Å². The molecule has 0 radical (unpaired) electrons. The highest BCUT2D eigenvalue weighted by atomic mass is 16.5. The Morgan fingerprint density at radius 3 is 1.89 bits per heavy atom. The van der Waals surface area contributed by atoms with E-state index in [1.54, 1.807) is 0 Å². The molecule has 1 aliphatic rings. The second kappa shape index (κ2) is 24.9. The van der Waals surface area contributed by atoms with E-state index >= 15 is 0 Å². The number of aldehydes is 1. The Bertz CT molecular complexity index is 563. The highest BCUT2D eigenvalue weighted by Crippen LogP contribution is 2.12. The summed E-state index contributed by atoms with van der Waals surface area (Å²) >= 11 is 0. The van der Waals surface area contributed by atoms with E-state index in [0.29, 0.717) is 26.0 Å². The van der Waals surface area contributed by atoms with E-state index in [9.17, 15) is 14.4 Å². The van der Waals surface area contributed by atoms with Crippen molar-refractivity contribution in [2.75, 3.05) is 39.3 Å². The molecule has 0 aromatic carbocycles. The summed E-state index contributed by atoms with van der Waals surface area (Å²) in [7, 11) is 0. The standard InChI is InChI=1S/C31H58N2O4/c1-2-3-4-5-6-7-10-13-21-28-37-31(36)22-15-14-17-26-33(25-16-11-8-9-12-20-27-34)30(35)29-32-23-18-19-24-32/h27H,2-26,28-29H2,1H3. The van der Waals surface area contributed by atoms with Crippen LogP contribution in [0.25, 0.3) is 0 Å². The molecule has 1 saturated heterocycles. The van der Waals surface area contributed by atoms with E-state index < -0.39 is 0 Å². The highest BCUT2D eigenvalue weighted by Gasteiger charge is 2.19. The number of hydrogen-bond donors (Lipinski definition) is 0. The van der Waals surface area contributed by atoms with Crippen molar-refractivity contribution in [3.63, 3.8) is 0 Å². The minimum absolute atomic E-state index is 0.0730. The Morgan fingerprint density at radius 1 is 0.730 bits per heavy atom. The number of amides is 1. The number of unbranched alkanes of at least 4 members (excludes halogenated alkanes) is 15. The third kappa shape index (κ3) is 20.2. The van der Waals surface area contributed by atoms with Gasteiger partial charge in [-0.1, -0.05) is 84.0 Å². The predicted octanol–water partition coefficient (Wildman–Crippen LogP) is 7.08. The highest BCUT2D eigenvalue weighted by molar-refractivity contribution is 5.78. The number of ether oxygens (including phenoxy) is 1. The first kappa shape index (κ1) is 33.6. The summed E-state index contributed by atoms with van der Waals surface area (Å²) in [6, 6.07) is 0. The third-order valence-electron chi connectivity index (χ3n) is 7.48. The number of hydrogen-bond acceptors (Lipinski definition) is 5. The molecule has 216 valence electrons. The van der Waals surface area contributed by atoms with Crippen LogP contribution in [0.3, 0.4) is 0 Å². The molecule has 1 amide bonds. The van der Waals surface area contributed by atoms with Gasteiger partial charge in [-0.15, -0.1) is 0 Å². The second-order valence-corrected chi connectivity index (χ2v) is 10.9. The molecule has 1 heterocycles. The van der Waals surface area contributed by atoms with E-state index in [-0.39, 0.29) is 11.9 Å². The number of likely N-dealkylation sites (tertiary alicyclic amines) is 1. The summed E-state index contributed by atoms with van der Waals surface area (Å²) in [6.45, 7) is 7.04. The Kier molecular flexibility index (Phi) is 22.6. The summed E-state index contributed by atoms with van der Waals surface area (Å²) in [5.74, 6) is 0.180. The number of carbonyl (C=O) groups is 3. The summed E-state index contributed by atoms with van der Waals surface area (Å²) in [5, 5.41) is 0. The van der Waals surface area contributed by atoms with Gasteiger partial charge in [0.2, 0.25) is 5.91 Å². The third-order valence-corrected chi connectivity index (χ3v) is 7.48. The van der Waals surface area contributed by atoms with E-state index in [2.05, 4.69) is 11.8 Å². The van der Waals surface area contributed by atoms with Crippen LogP contribution in [0.5, 0.6) is 0 Å². The molecular weight excluding hydrogens is 464 g/mol. The van der Waals surface area contributed by atoms with Gasteiger partial charge >= 0.3 is 5.97 Å². The first-order valence-corrected chi connectivity index (χ1v) is 15.8. The van der Waals surface area contributed by atoms with Crippen LogP contribution in [0.1, 0.15) is 142 Å². The van der Waals surface area contributed by atoms with Gasteiger partial charge in [-0.3, -0.25) is 14.5 Å². The average molecular weight is 523 g/mol. The zero-order valence-electron chi connectivity index (χ0n) is 24.2. The zero-order valence-corrected chi connectivity index (χ0v) is 24.2. The van der Waals surface area contributed by atoms with Crippen LogP contribution < -0.4 is 0 Å². The molecule has 0 unspecified atom stereocenters. The van der Waals surface area contributed by atoms with Crippen LogP contribution in [0.4, 0.5) is 0 Å². The zero-order chi connectivity index (χ0) is 26.8. The SMILES string of the molecule is CCCCCCCCCCCOC(=O)CCCCCN(CCCCCCCC=O)C(=O)CN1CCCC1. The molecule has 0 spiro atoms. The van der Waals surface area contributed by atoms with Gasteiger partial charge in [-0.05, 0) is 58.0 Å². The van der Waals surface area contributed by atoms with Gasteiger partial charge in [0, 0.05) is 25.9 Å². The van der Waals surface area contributed by atoms with E-state index in [1.165, 1.54) is 57.8 Å². The first-order valence-electron chi connectivity index (χ1n) is 15.8. The lowest BCUT2D eigenvalue weighted by Gasteiger charge is -2.25. The van der Waals surface area contributed by atoms with E-state index in [1.807, 2.05) is 4.90 Å². The number of nitrogens with zero attached hydrogens (tertiary/aromatic N) is 2. The minimum Gasteiger partial charge on any atom is -0.466 e. The normalized spacial score (nSPS) is 13.6.